The minimum Gasteiger partial charge on any atom is -0.457 e. The molecule has 0 spiro atoms. The van der Waals surface area contributed by atoms with E-state index >= 15 is 0 Å². The number of ether oxygens (including phenoxy) is 2. The zero-order valence-electron chi connectivity index (χ0n) is 26.2. The predicted molar refractivity (Wildman–Crippen MR) is 166 cm³/mol. The molecule has 1 aliphatic heterocycles. The van der Waals surface area contributed by atoms with Crippen molar-refractivity contribution in [1.29, 1.82) is 0 Å². The number of imide groups is 1. The molecule has 0 aliphatic carbocycles. The first-order chi connectivity index (χ1) is 23.9. The fourth-order valence-electron chi connectivity index (χ4n) is 4.23. The van der Waals surface area contributed by atoms with Crippen molar-refractivity contribution in [1.82, 2.24) is 5.32 Å². The van der Waals surface area contributed by atoms with Gasteiger partial charge in [-0.2, -0.15) is 26.3 Å². The second-order valence-electron chi connectivity index (χ2n) is 10.5. The summed E-state index contributed by atoms with van der Waals surface area (Å²) in [4.78, 5) is 70.5. The summed E-state index contributed by atoms with van der Waals surface area (Å²) in [6, 6.07) is 17.3. The Morgan fingerprint density at radius 3 is 2.14 bits per heavy atom. The minimum absolute atomic E-state index is 0.175. The van der Waals surface area contributed by atoms with Gasteiger partial charge in [-0.1, -0.05) is 36.4 Å². The molecule has 0 bridgehead atoms. The number of esters is 3. The maximum Gasteiger partial charge on any atom is 0.491 e. The fourth-order valence-corrected chi connectivity index (χ4v) is 4.23. The Labute approximate surface area is 284 Å². The summed E-state index contributed by atoms with van der Waals surface area (Å²) < 4.78 is 80.3. The highest BCUT2D eigenvalue weighted by Gasteiger charge is 2.43. The van der Waals surface area contributed by atoms with Gasteiger partial charge in [0.25, 0.3) is 11.8 Å². The van der Waals surface area contributed by atoms with E-state index < -0.39 is 67.2 Å². The Kier molecular flexibility index (Phi) is 13.4. The molecule has 272 valence electrons. The number of benzene rings is 3. The van der Waals surface area contributed by atoms with Gasteiger partial charge in [-0.15, -0.1) is 0 Å². The molecule has 0 radical (unpaired) electrons. The standard InChI is InChI=1S/C18H15F3N2O4.C14H14F3N3O4/c19-18(20,21)17(26)27-15(24)11-23(14-7-2-1-3-8-14)16(25)13-6-4-5-12(9-13)10-22;15-14(16,17)13(23)24-6-9(18)12(22)20-11(21)8-2-1-7-3-4-19-10(7)5-8/h1-9H,10-11,22H2;1-2,5,9,19H,3-4,6,18H2,(H,20,21,22)/t;9-/m.1/s1. The highest BCUT2D eigenvalue weighted by atomic mass is 19.4. The largest absolute Gasteiger partial charge is 0.491 e. The van der Waals surface area contributed by atoms with Crippen molar-refractivity contribution >= 4 is 47.0 Å². The number of nitrogens with two attached hydrogens (primary N) is 2. The molecule has 3 aromatic rings. The number of carbonyl (C=O) groups is 6. The van der Waals surface area contributed by atoms with Gasteiger partial charge in [0.1, 0.15) is 19.2 Å². The summed E-state index contributed by atoms with van der Waals surface area (Å²) in [5, 5.41) is 5.01. The van der Waals surface area contributed by atoms with E-state index in [4.69, 9.17) is 11.5 Å². The van der Waals surface area contributed by atoms with Crippen LogP contribution in [0.5, 0.6) is 0 Å². The predicted octanol–water partition coefficient (Wildman–Crippen LogP) is 2.77. The van der Waals surface area contributed by atoms with Crippen LogP contribution in [-0.2, 0) is 41.6 Å². The van der Waals surface area contributed by atoms with Crippen molar-refractivity contribution in [3.63, 3.8) is 0 Å². The van der Waals surface area contributed by atoms with Gasteiger partial charge in [0.2, 0.25) is 5.91 Å². The van der Waals surface area contributed by atoms with Crippen LogP contribution >= 0.6 is 0 Å². The summed E-state index contributed by atoms with van der Waals surface area (Å²) in [6.07, 6.45) is -9.66. The SMILES string of the molecule is NCc1cccc(C(=O)N(CC(=O)OC(=O)C(F)(F)F)c2ccccc2)c1.N[C@H](COC(=O)C(F)(F)F)C(=O)NC(=O)c1ccc2c(c1)NCC2. The van der Waals surface area contributed by atoms with Crippen LogP contribution in [0.3, 0.4) is 0 Å². The van der Waals surface area contributed by atoms with Crippen molar-refractivity contribution in [2.75, 3.05) is 29.9 Å². The van der Waals surface area contributed by atoms with Crippen LogP contribution in [0.25, 0.3) is 0 Å². The third-order valence-electron chi connectivity index (χ3n) is 6.73. The van der Waals surface area contributed by atoms with Crippen molar-refractivity contribution in [2.24, 2.45) is 11.5 Å². The van der Waals surface area contributed by atoms with Crippen LogP contribution in [0.15, 0.2) is 72.8 Å². The van der Waals surface area contributed by atoms with Crippen molar-refractivity contribution in [3.05, 3.63) is 95.1 Å². The molecule has 0 unspecified atom stereocenters. The van der Waals surface area contributed by atoms with Gasteiger partial charge in [0, 0.05) is 35.6 Å². The number of anilines is 2. The Bertz CT molecular complexity index is 1770. The molecular weight excluding hydrogens is 696 g/mol. The third-order valence-corrected chi connectivity index (χ3v) is 6.73. The molecule has 1 atom stereocenters. The number of nitrogens with one attached hydrogen (secondary N) is 2. The number of para-hydroxylation sites is 1. The lowest BCUT2D eigenvalue weighted by Gasteiger charge is -2.22. The van der Waals surface area contributed by atoms with E-state index in [1.807, 2.05) is 5.32 Å². The number of fused-ring (bicyclic) bond motifs is 1. The first-order valence-electron chi connectivity index (χ1n) is 14.6. The normalized spacial score (nSPS) is 12.5. The van der Waals surface area contributed by atoms with Gasteiger partial charge in [-0.25, -0.2) is 14.4 Å². The monoisotopic (exact) mass is 725 g/mol. The Morgan fingerprint density at radius 2 is 1.51 bits per heavy atom. The summed E-state index contributed by atoms with van der Waals surface area (Å²) in [5.74, 6) is -9.07. The second kappa shape index (κ2) is 17.2. The Balaban J connectivity index is 0.000000277. The molecule has 0 fully saturated rings. The number of alkyl halides is 6. The van der Waals surface area contributed by atoms with Crippen LogP contribution in [0.1, 0.15) is 31.8 Å². The lowest BCUT2D eigenvalue weighted by molar-refractivity contribution is -0.201. The first-order valence-corrected chi connectivity index (χ1v) is 14.6. The summed E-state index contributed by atoms with van der Waals surface area (Å²) >= 11 is 0. The van der Waals surface area contributed by atoms with Gasteiger partial charge in [-0.3, -0.25) is 24.6 Å². The van der Waals surface area contributed by atoms with E-state index in [1.165, 1.54) is 30.3 Å². The Hall–Kier alpha value is -5.82. The molecule has 51 heavy (non-hydrogen) atoms. The highest BCUT2D eigenvalue weighted by molar-refractivity contribution is 6.09. The zero-order chi connectivity index (χ0) is 37.9. The smallest absolute Gasteiger partial charge is 0.457 e. The molecule has 0 saturated heterocycles. The maximum atomic E-state index is 12.8. The number of nitrogens with zero attached hydrogens (tertiary/aromatic N) is 1. The van der Waals surface area contributed by atoms with Crippen LogP contribution in [0, 0.1) is 0 Å². The lowest BCUT2D eigenvalue weighted by atomic mass is 10.1. The summed E-state index contributed by atoms with van der Waals surface area (Å²) in [5.41, 5.74) is 13.9. The van der Waals surface area contributed by atoms with Gasteiger partial charge in [0.15, 0.2) is 0 Å². The number of hydrogen-bond donors (Lipinski definition) is 4. The zero-order valence-corrected chi connectivity index (χ0v) is 26.2. The van der Waals surface area contributed by atoms with E-state index in [0.717, 1.165) is 29.1 Å². The number of amides is 3. The maximum absolute atomic E-state index is 12.8. The molecule has 19 heteroatoms. The van der Waals surface area contributed by atoms with E-state index in [0.29, 0.717) is 5.56 Å². The van der Waals surface area contributed by atoms with Crippen molar-refractivity contribution < 1.29 is 64.6 Å². The molecule has 0 aromatic heterocycles. The first kappa shape index (κ1) is 39.6. The molecule has 1 aliphatic rings. The second-order valence-corrected chi connectivity index (χ2v) is 10.5. The van der Waals surface area contributed by atoms with E-state index in [9.17, 15) is 55.1 Å². The number of halogens is 6. The average Bonchev–Trinajstić information content (AvgIpc) is 3.57. The number of hydrogen-bond acceptors (Lipinski definition) is 11. The summed E-state index contributed by atoms with van der Waals surface area (Å²) in [6.45, 7) is -0.954. The van der Waals surface area contributed by atoms with Crippen LogP contribution in [-0.4, -0.2) is 73.7 Å². The quantitative estimate of drug-likeness (QED) is 0.144. The number of rotatable bonds is 9. The Morgan fingerprint density at radius 1 is 0.843 bits per heavy atom. The molecule has 1 heterocycles. The van der Waals surface area contributed by atoms with Crippen LogP contribution in [0.4, 0.5) is 37.7 Å². The lowest BCUT2D eigenvalue weighted by Crippen LogP contribution is -2.47. The van der Waals surface area contributed by atoms with E-state index in [-0.39, 0.29) is 23.4 Å². The van der Waals surface area contributed by atoms with Gasteiger partial charge >= 0.3 is 30.3 Å². The molecule has 3 amide bonds. The van der Waals surface area contributed by atoms with E-state index in [2.05, 4.69) is 14.8 Å². The van der Waals surface area contributed by atoms with Gasteiger partial charge < -0.3 is 26.3 Å². The molecule has 13 nitrogen and oxygen atoms in total. The topological polar surface area (TPSA) is 200 Å². The molecule has 6 N–H and O–H groups in total. The number of carbonyl (C=O) groups excluding carboxylic acids is 6. The van der Waals surface area contributed by atoms with Crippen LogP contribution in [0.2, 0.25) is 0 Å². The van der Waals surface area contributed by atoms with Gasteiger partial charge in [-0.05, 0) is 53.9 Å². The van der Waals surface area contributed by atoms with Gasteiger partial charge in [0.05, 0.1) is 0 Å². The molecular formula is C32H29F6N5O8. The highest BCUT2D eigenvalue weighted by Crippen LogP contribution is 2.23. The molecule has 3 aromatic carbocycles. The minimum atomic E-state index is -5.31. The summed E-state index contributed by atoms with van der Waals surface area (Å²) in [7, 11) is 0. The van der Waals surface area contributed by atoms with Crippen LogP contribution < -0.4 is 27.0 Å². The fraction of sp³-hybridized carbons (Fsp3) is 0.250. The average molecular weight is 726 g/mol. The van der Waals surface area contributed by atoms with E-state index in [1.54, 1.807) is 42.5 Å². The van der Waals surface area contributed by atoms with Crippen molar-refractivity contribution in [2.45, 2.75) is 31.4 Å². The molecule has 0 saturated carbocycles. The molecule has 4 rings (SSSR count). The van der Waals surface area contributed by atoms with Crippen molar-refractivity contribution in [3.8, 4) is 0 Å². The third kappa shape index (κ3) is 11.6.